The van der Waals surface area contributed by atoms with Crippen molar-refractivity contribution in [1.29, 1.82) is 0 Å². The molecule has 1 aliphatic heterocycles. The van der Waals surface area contributed by atoms with E-state index in [1.54, 1.807) is 12.1 Å². The first-order valence-corrected chi connectivity index (χ1v) is 6.69. The van der Waals surface area contributed by atoms with Gasteiger partial charge in [-0.3, -0.25) is 5.32 Å². The number of nitrogens with one attached hydrogen (secondary N) is 2. The minimum absolute atomic E-state index is 0.0125. The Morgan fingerprint density at radius 1 is 1.50 bits per heavy atom. The lowest BCUT2D eigenvalue weighted by atomic mass is 10.3. The van der Waals surface area contributed by atoms with Gasteiger partial charge in [-0.25, -0.2) is 13.2 Å². The van der Waals surface area contributed by atoms with E-state index in [4.69, 9.17) is 4.42 Å². The van der Waals surface area contributed by atoms with Crippen LogP contribution in [0.4, 0.5) is 10.7 Å². The summed E-state index contributed by atoms with van der Waals surface area (Å²) in [6.07, 6.45) is 1.91. The molecular weight excluding hydrogens is 232 g/mol. The van der Waals surface area contributed by atoms with E-state index >= 15 is 0 Å². The number of anilines is 1. The van der Waals surface area contributed by atoms with Crippen molar-refractivity contribution in [2.75, 3.05) is 16.8 Å². The van der Waals surface area contributed by atoms with E-state index < -0.39 is 15.9 Å². The highest BCUT2D eigenvalue weighted by molar-refractivity contribution is 7.91. The maximum absolute atomic E-state index is 11.4. The topological polar surface area (TPSA) is 88.4 Å². The quantitative estimate of drug-likeness (QED) is 0.796. The molecule has 0 spiro atoms. The molecule has 7 heteroatoms. The summed E-state index contributed by atoms with van der Waals surface area (Å²) in [7, 11) is -2.97. The molecule has 16 heavy (non-hydrogen) atoms. The third-order valence-electron chi connectivity index (χ3n) is 2.33. The minimum atomic E-state index is -2.97. The van der Waals surface area contributed by atoms with Crippen LogP contribution in [-0.2, 0) is 9.84 Å². The van der Waals surface area contributed by atoms with Crippen LogP contribution in [-0.4, -0.2) is 32.0 Å². The second-order valence-electron chi connectivity index (χ2n) is 3.68. The molecule has 0 radical (unpaired) electrons. The molecule has 1 atom stereocenters. The molecule has 88 valence electrons. The smallest absolute Gasteiger partial charge is 0.321 e. The van der Waals surface area contributed by atoms with E-state index in [9.17, 15) is 13.2 Å². The Bertz CT molecular complexity index is 466. The third-order valence-corrected chi connectivity index (χ3v) is 4.09. The molecule has 1 fully saturated rings. The summed E-state index contributed by atoms with van der Waals surface area (Å²) in [6, 6.07) is 2.50. The van der Waals surface area contributed by atoms with Crippen molar-refractivity contribution >= 4 is 21.8 Å². The number of amides is 2. The summed E-state index contributed by atoms with van der Waals surface area (Å²) in [6.45, 7) is 0. The van der Waals surface area contributed by atoms with E-state index in [2.05, 4.69) is 10.6 Å². The summed E-state index contributed by atoms with van der Waals surface area (Å²) in [5.41, 5.74) is 0. The van der Waals surface area contributed by atoms with Crippen molar-refractivity contribution in [2.24, 2.45) is 0 Å². The van der Waals surface area contributed by atoms with Gasteiger partial charge < -0.3 is 9.73 Å². The summed E-state index contributed by atoms with van der Waals surface area (Å²) in [4.78, 5) is 11.4. The molecule has 0 aromatic carbocycles. The molecule has 1 saturated heterocycles. The van der Waals surface area contributed by atoms with Crippen LogP contribution in [0.1, 0.15) is 6.42 Å². The number of sulfone groups is 1. The Labute approximate surface area is 92.9 Å². The maximum Gasteiger partial charge on any atom is 0.321 e. The van der Waals surface area contributed by atoms with Gasteiger partial charge in [-0.1, -0.05) is 0 Å². The average Bonchev–Trinajstić information content (AvgIpc) is 2.76. The molecule has 1 unspecified atom stereocenters. The van der Waals surface area contributed by atoms with Gasteiger partial charge >= 0.3 is 6.03 Å². The number of hydrogen-bond donors (Lipinski definition) is 2. The highest BCUT2D eigenvalue weighted by atomic mass is 32.2. The van der Waals surface area contributed by atoms with Gasteiger partial charge in [-0.15, -0.1) is 0 Å². The number of furan rings is 1. The zero-order chi connectivity index (χ0) is 11.6. The molecule has 0 bridgehead atoms. The first kappa shape index (κ1) is 11.0. The Morgan fingerprint density at radius 3 is 2.88 bits per heavy atom. The van der Waals surface area contributed by atoms with Gasteiger partial charge in [0.25, 0.3) is 0 Å². The zero-order valence-corrected chi connectivity index (χ0v) is 9.29. The number of rotatable bonds is 2. The molecule has 2 amide bonds. The first-order valence-electron chi connectivity index (χ1n) is 4.87. The van der Waals surface area contributed by atoms with Gasteiger partial charge in [0, 0.05) is 12.1 Å². The highest BCUT2D eigenvalue weighted by Crippen LogP contribution is 2.12. The van der Waals surface area contributed by atoms with Gasteiger partial charge in [-0.05, 0) is 12.5 Å². The van der Waals surface area contributed by atoms with E-state index in [-0.39, 0.29) is 17.5 Å². The lowest BCUT2D eigenvalue weighted by Crippen LogP contribution is -2.38. The molecular formula is C9H12N2O4S. The molecule has 1 aromatic heterocycles. The average molecular weight is 244 g/mol. The molecule has 2 rings (SSSR count). The molecule has 1 aliphatic rings. The monoisotopic (exact) mass is 244 g/mol. The maximum atomic E-state index is 11.4. The van der Waals surface area contributed by atoms with Crippen LogP contribution in [0.15, 0.2) is 22.8 Å². The molecule has 0 aliphatic carbocycles. The third kappa shape index (κ3) is 2.75. The Balaban J connectivity index is 1.85. The number of carbonyl (C=O) groups excluding carboxylic acids is 1. The molecule has 0 saturated carbocycles. The Kier molecular flexibility index (Phi) is 2.86. The Hall–Kier alpha value is -1.50. The van der Waals surface area contributed by atoms with E-state index in [1.165, 1.54) is 6.26 Å². The molecule has 2 N–H and O–H groups in total. The van der Waals surface area contributed by atoms with Gasteiger partial charge in [0.2, 0.25) is 5.88 Å². The van der Waals surface area contributed by atoms with Gasteiger partial charge in [0.15, 0.2) is 9.84 Å². The van der Waals surface area contributed by atoms with E-state index in [0.29, 0.717) is 12.3 Å². The minimum Gasteiger partial charge on any atom is -0.449 e. The zero-order valence-electron chi connectivity index (χ0n) is 8.47. The summed E-state index contributed by atoms with van der Waals surface area (Å²) in [5.74, 6) is 0.482. The fourth-order valence-electron chi connectivity index (χ4n) is 1.59. The van der Waals surface area contributed by atoms with E-state index in [0.717, 1.165) is 0 Å². The summed E-state index contributed by atoms with van der Waals surface area (Å²) in [5, 5.41) is 5.05. The number of urea groups is 1. The van der Waals surface area contributed by atoms with Crippen molar-refractivity contribution < 1.29 is 17.6 Å². The number of carbonyl (C=O) groups is 1. The molecule has 2 heterocycles. The predicted molar refractivity (Wildman–Crippen MR) is 57.9 cm³/mol. The molecule has 6 nitrogen and oxygen atoms in total. The van der Waals surface area contributed by atoms with Crippen LogP contribution >= 0.6 is 0 Å². The van der Waals surface area contributed by atoms with Crippen LogP contribution in [0.5, 0.6) is 0 Å². The Morgan fingerprint density at radius 2 is 2.31 bits per heavy atom. The van der Waals surface area contributed by atoms with Crippen molar-refractivity contribution in [3.05, 3.63) is 18.4 Å². The van der Waals surface area contributed by atoms with E-state index in [1.807, 2.05) is 0 Å². The number of hydrogen-bond acceptors (Lipinski definition) is 4. The SMILES string of the molecule is O=C(Nc1ccco1)NC1CCS(=O)(=O)C1. The fraction of sp³-hybridized carbons (Fsp3) is 0.444. The lowest BCUT2D eigenvalue weighted by Gasteiger charge is -2.10. The van der Waals surface area contributed by atoms with Crippen LogP contribution < -0.4 is 10.6 Å². The van der Waals surface area contributed by atoms with Crippen molar-refractivity contribution in [1.82, 2.24) is 5.32 Å². The van der Waals surface area contributed by atoms with Gasteiger partial charge in [0.1, 0.15) is 0 Å². The van der Waals surface area contributed by atoms with Crippen LogP contribution in [0.25, 0.3) is 0 Å². The van der Waals surface area contributed by atoms with Crippen LogP contribution in [0.3, 0.4) is 0 Å². The standard InChI is InChI=1S/C9H12N2O4S/c12-9(11-8-2-1-4-15-8)10-7-3-5-16(13,14)6-7/h1-2,4,7H,3,5-6H2,(H2,10,11,12). The van der Waals surface area contributed by atoms with Crippen molar-refractivity contribution in [3.8, 4) is 0 Å². The summed E-state index contributed by atoms with van der Waals surface area (Å²) < 4.78 is 27.2. The lowest BCUT2D eigenvalue weighted by molar-refractivity contribution is 0.249. The summed E-state index contributed by atoms with van der Waals surface area (Å²) >= 11 is 0. The first-order chi connectivity index (χ1) is 7.55. The second-order valence-corrected chi connectivity index (χ2v) is 5.90. The molecule has 1 aromatic rings. The normalized spacial score (nSPS) is 22.9. The fourth-order valence-corrected chi connectivity index (χ4v) is 3.27. The second kappa shape index (κ2) is 4.17. The van der Waals surface area contributed by atoms with Crippen LogP contribution in [0, 0.1) is 0 Å². The van der Waals surface area contributed by atoms with Gasteiger partial charge in [0.05, 0.1) is 17.8 Å². The van der Waals surface area contributed by atoms with Crippen molar-refractivity contribution in [3.63, 3.8) is 0 Å². The largest absolute Gasteiger partial charge is 0.449 e. The van der Waals surface area contributed by atoms with Gasteiger partial charge in [-0.2, -0.15) is 0 Å². The van der Waals surface area contributed by atoms with Crippen LogP contribution in [0.2, 0.25) is 0 Å². The predicted octanol–water partition coefficient (Wildman–Crippen LogP) is 0.588. The highest BCUT2D eigenvalue weighted by Gasteiger charge is 2.28. The van der Waals surface area contributed by atoms with Crippen molar-refractivity contribution in [2.45, 2.75) is 12.5 Å².